The summed E-state index contributed by atoms with van der Waals surface area (Å²) in [6, 6.07) is 0. The van der Waals surface area contributed by atoms with Gasteiger partial charge in [-0.2, -0.15) is 16.4 Å². The van der Waals surface area contributed by atoms with Gasteiger partial charge in [0.05, 0.1) is 17.6 Å². The van der Waals surface area contributed by atoms with Crippen LogP contribution in [0.2, 0.25) is 0 Å². The molecule has 0 aliphatic heterocycles. The molecular weight excluding hydrogens is 304 g/mol. The molecule has 0 aromatic carbocycles. The lowest BCUT2D eigenvalue weighted by atomic mass is 10.2. The van der Waals surface area contributed by atoms with E-state index in [1.54, 1.807) is 11.3 Å². The van der Waals surface area contributed by atoms with Gasteiger partial charge in [0, 0.05) is 7.05 Å². The predicted molar refractivity (Wildman–Crippen MR) is 88.3 cm³/mol. The van der Waals surface area contributed by atoms with E-state index in [1.165, 1.54) is 11.1 Å². The van der Waals surface area contributed by atoms with E-state index in [1.807, 2.05) is 18.7 Å². The number of alkyl halides is 1. The molecule has 0 saturated heterocycles. The van der Waals surface area contributed by atoms with Crippen molar-refractivity contribution in [2.45, 2.75) is 39.1 Å². The molecule has 3 rings (SSSR count). The molecular formula is C15H19ClN4S. The van der Waals surface area contributed by atoms with Crippen molar-refractivity contribution in [2.75, 3.05) is 0 Å². The largest absolute Gasteiger partial charge is 0.307 e. The Morgan fingerprint density at radius 3 is 2.71 bits per heavy atom. The lowest BCUT2D eigenvalue weighted by molar-refractivity contribution is 0.682. The zero-order valence-corrected chi connectivity index (χ0v) is 14.3. The number of halogens is 1. The first-order valence-electron chi connectivity index (χ1n) is 7.10. The molecule has 4 nitrogen and oxygen atoms in total. The van der Waals surface area contributed by atoms with Crippen LogP contribution in [0.1, 0.15) is 41.9 Å². The van der Waals surface area contributed by atoms with Gasteiger partial charge >= 0.3 is 0 Å². The van der Waals surface area contributed by atoms with E-state index in [0.29, 0.717) is 0 Å². The van der Waals surface area contributed by atoms with Crippen LogP contribution in [0.15, 0.2) is 10.8 Å². The smallest absolute Gasteiger partial charge is 0.159 e. The molecule has 1 unspecified atom stereocenters. The fraction of sp³-hybridized carbons (Fsp3) is 0.467. The number of aromatic nitrogens is 4. The summed E-state index contributed by atoms with van der Waals surface area (Å²) >= 11 is 8.09. The van der Waals surface area contributed by atoms with Crippen LogP contribution in [0.25, 0.3) is 11.2 Å². The van der Waals surface area contributed by atoms with Gasteiger partial charge in [0.2, 0.25) is 0 Å². The van der Waals surface area contributed by atoms with E-state index >= 15 is 0 Å². The van der Waals surface area contributed by atoms with Gasteiger partial charge in [0.1, 0.15) is 11.3 Å². The molecule has 1 atom stereocenters. The van der Waals surface area contributed by atoms with E-state index in [2.05, 4.69) is 34.3 Å². The summed E-state index contributed by atoms with van der Waals surface area (Å²) < 4.78 is 4.12. The maximum Gasteiger partial charge on any atom is 0.159 e. The number of hydrogen-bond donors (Lipinski definition) is 0. The fourth-order valence-corrected chi connectivity index (χ4v) is 3.69. The molecule has 3 aromatic heterocycles. The number of aryl methyl sites for hydroxylation is 3. The fourth-order valence-electron chi connectivity index (χ4n) is 2.68. The Bertz CT molecular complexity index is 781. The summed E-state index contributed by atoms with van der Waals surface area (Å²) in [7, 11) is 1.98. The van der Waals surface area contributed by atoms with Crippen LogP contribution in [-0.2, 0) is 20.0 Å². The van der Waals surface area contributed by atoms with Crippen molar-refractivity contribution in [3.05, 3.63) is 33.4 Å². The second kappa shape index (κ2) is 5.46. The maximum absolute atomic E-state index is 6.35. The first kappa shape index (κ1) is 14.6. The van der Waals surface area contributed by atoms with Gasteiger partial charge in [-0.25, -0.2) is 4.98 Å². The Labute approximate surface area is 133 Å². The van der Waals surface area contributed by atoms with Gasteiger partial charge < -0.3 is 4.57 Å². The van der Waals surface area contributed by atoms with Gasteiger partial charge in [-0.1, -0.05) is 6.92 Å². The van der Waals surface area contributed by atoms with Crippen molar-refractivity contribution < 1.29 is 0 Å². The highest BCUT2D eigenvalue weighted by atomic mass is 35.5. The summed E-state index contributed by atoms with van der Waals surface area (Å²) in [5.41, 5.74) is 5.70. The van der Waals surface area contributed by atoms with Crippen molar-refractivity contribution in [2.24, 2.45) is 7.05 Å². The van der Waals surface area contributed by atoms with Gasteiger partial charge in [-0.05, 0) is 42.2 Å². The van der Waals surface area contributed by atoms with E-state index < -0.39 is 0 Å². The third-order valence-electron chi connectivity index (χ3n) is 3.80. The summed E-state index contributed by atoms with van der Waals surface area (Å²) in [5.74, 6) is 0.917. The third kappa shape index (κ3) is 2.38. The summed E-state index contributed by atoms with van der Waals surface area (Å²) in [5, 5.41) is 8.82. The van der Waals surface area contributed by atoms with Crippen molar-refractivity contribution in [3.8, 4) is 0 Å². The number of imidazole rings is 1. The van der Waals surface area contributed by atoms with E-state index in [-0.39, 0.29) is 5.38 Å². The minimum Gasteiger partial charge on any atom is -0.307 e. The van der Waals surface area contributed by atoms with Crippen LogP contribution in [0.4, 0.5) is 0 Å². The topological polar surface area (TPSA) is 35.6 Å². The monoisotopic (exact) mass is 322 g/mol. The second-order valence-corrected chi connectivity index (χ2v) is 6.75. The number of hydrogen-bond acceptors (Lipinski definition) is 3. The maximum atomic E-state index is 6.35. The predicted octanol–water partition coefficient (Wildman–Crippen LogP) is 4.05. The van der Waals surface area contributed by atoms with Gasteiger partial charge in [-0.15, -0.1) is 11.6 Å². The summed E-state index contributed by atoms with van der Waals surface area (Å²) in [6.07, 6.45) is 0.877. The molecule has 0 fully saturated rings. The molecule has 0 amide bonds. The average Bonchev–Trinajstić information content (AvgIpc) is 3.08. The Kier molecular flexibility index (Phi) is 3.80. The Hall–Kier alpha value is -1.33. The Morgan fingerprint density at radius 1 is 1.38 bits per heavy atom. The van der Waals surface area contributed by atoms with Crippen LogP contribution in [0, 0.1) is 6.92 Å². The zero-order chi connectivity index (χ0) is 15.1. The first-order chi connectivity index (χ1) is 10.0. The molecule has 3 heterocycles. The van der Waals surface area contributed by atoms with Crippen molar-refractivity contribution >= 4 is 34.1 Å². The minimum atomic E-state index is -0.124. The molecule has 0 aliphatic rings. The quantitative estimate of drug-likeness (QED) is 0.679. The molecule has 0 bridgehead atoms. The number of rotatable bonds is 4. The molecule has 0 aliphatic carbocycles. The van der Waals surface area contributed by atoms with Crippen molar-refractivity contribution in [1.29, 1.82) is 0 Å². The summed E-state index contributed by atoms with van der Waals surface area (Å²) in [6.45, 7) is 7.01. The molecule has 6 heteroatoms. The first-order valence-corrected chi connectivity index (χ1v) is 8.48. The molecule has 21 heavy (non-hydrogen) atoms. The molecule has 0 saturated carbocycles. The zero-order valence-electron chi connectivity index (χ0n) is 12.7. The number of fused-ring (bicyclic) bond motifs is 1. The average molecular weight is 323 g/mol. The standard InChI is InChI=1S/C15H19ClN4S/c1-5-12-13-15(19(4)18-12)20(14(17-13)10(3)16)6-11-8-21-7-9(11)2/h7-8,10H,5-6H2,1-4H3. The molecule has 3 aromatic rings. The molecule has 112 valence electrons. The Balaban J connectivity index is 2.21. The summed E-state index contributed by atoms with van der Waals surface area (Å²) in [4.78, 5) is 4.77. The van der Waals surface area contributed by atoms with Crippen LogP contribution < -0.4 is 0 Å². The van der Waals surface area contributed by atoms with Crippen molar-refractivity contribution in [3.63, 3.8) is 0 Å². The highest BCUT2D eigenvalue weighted by Gasteiger charge is 2.21. The number of nitrogens with zero attached hydrogens (tertiary/aromatic N) is 4. The molecule has 0 radical (unpaired) electrons. The van der Waals surface area contributed by atoms with Crippen molar-refractivity contribution in [1.82, 2.24) is 19.3 Å². The highest BCUT2D eigenvalue weighted by molar-refractivity contribution is 7.08. The van der Waals surface area contributed by atoms with Gasteiger partial charge in [0.25, 0.3) is 0 Å². The van der Waals surface area contributed by atoms with E-state index in [0.717, 1.165) is 35.6 Å². The lowest BCUT2D eigenvalue weighted by Crippen LogP contribution is -2.09. The van der Waals surface area contributed by atoms with Crippen LogP contribution in [0.5, 0.6) is 0 Å². The SMILES string of the molecule is CCc1nn(C)c2c1nc(C(C)Cl)n2Cc1cscc1C. The van der Waals surface area contributed by atoms with E-state index in [9.17, 15) is 0 Å². The molecule has 0 N–H and O–H groups in total. The van der Waals surface area contributed by atoms with E-state index in [4.69, 9.17) is 16.6 Å². The van der Waals surface area contributed by atoms with Crippen LogP contribution >= 0.6 is 22.9 Å². The third-order valence-corrected chi connectivity index (χ3v) is 4.91. The normalized spacial score (nSPS) is 13.2. The Morgan fingerprint density at radius 2 is 2.14 bits per heavy atom. The number of thiophene rings is 1. The van der Waals surface area contributed by atoms with Gasteiger partial charge in [0.15, 0.2) is 5.65 Å². The lowest BCUT2D eigenvalue weighted by Gasteiger charge is -2.11. The highest BCUT2D eigenvalue weighted by Crippen LogP contribution is 2.28. The van der Waals surface area contributed by atoms with Crippen LogP contribution in [0.3, 0.4) is 0 Å². The van der Waals surface area contributed by atoms with Crippen LogP contribution in [-0.4, -0.2) is 19.3 Å². The van der Waals surface area contributed by atoms with Gasteiger partial charge in [-0.3, -0.25) is 4.68 Å². The minimum absolute atomic E-state index is 0.124. The second-order valence-electron chi connectivity index (χ2n) is 5.35. The molecule has 0 spiro atoms.